The molecule has 2 fully saturated rings. The van der Waals surface area contributed by atoms with E-state index in [4.69, 9.17) is 18.0 Å². The van der Waals surface area contributed by atoms with Crippen LogP contribution in [0, 0.1) is 11.3 Å². The summed E-state index contributed by atoms with van der Waals surface area (Å²) in [5.74, 6) is 0.311. The third kappa shape index (κ3) is 2.18. The summed E-state index contributed by atoms with van der Waals surface area (Å²) in [4.78, 5) is 14.7. The van der Waals surface area contributed by atoms with Crippen LogP contribution >= 0.6 is 12.2 Å². The molecule has 17 heavy (non-hydrogen) atoms. The molecule has 1 amide bonds. The van der Waals surface area contributed by atoms with Crippen molar-refractivity contribution >= 4 is 23.1 Å². The minimum absolute atomic E-state index is 0.0920. The van der Waals surface area contributed by atoms with Crippen LogP contribution in [0.5, 0.6) is 0 Å². The Hall–Kier alpha value is -0.680. The van der Waals surface area contributed by atoms with Gasteiger partial charge in [-0.05, 0) is 31.6 Å². The maximum Gasteiger partial charge on any atom is 0.235 e. The van der Waals surface area contributed by atoms with Gasteiger partial charge in [0.05, 0.1) is 10.4 Å². The molecule has 3 N–H and O–H groups in total. The standard InChI is InChI=1S/C12H20N2O2S/c13-10(17)12(4-2-5-12)11(16)14-6-1-3-9(7-14)8-15/h9,15H,1-8H2,(H2,13,17). The zero-order valence-electron chi connectivity index (χ0n) is 10.0. The SMILES string of the molecule is NC(=S)C1(C(=O)N2CCCC(CO)C2)CCC1. The zero-order chi connectivity index (χ0) is 12.5. The van der Waals surface area contributed by atoms with Crippen molar-refractivity contribution in [2.24, 2.45) is 17.1 Å². The van der Waals surface area contributed by atoms with Crippen molar-refractivity contribution in [3.63, 3.8) is 0 Å². The first-order valence-corrected chi connectivity index (χ1v) is 6.71. The van der Waals surface area contributed by atoms with Gasteiger partial charge in [0.15, 0.2) is 0 Å². The largest absolute Gasteiger partial charge is 0.396 e. The molecule has 0 bridgehead atoms. The average Bonchev–Trinajstić information content (AvgIpc) is 2.27. The summed E-state index contributed by atoms with van der Waals surface area (Å²) in [6, 6.07) is 0. The molecule has 1 saturated carbocycles. The number of amides is 1. The molecule has 0 aromatic rings. The lowest BCUT2D eigenvalue weighted by Gasteiger charge is -2.44. The number of aliphatic hydroxyl groups excluding tert-OH is 1. The normalized spacial score (nSPS) is 27.4. The molecule has 0 aromatic heterocycles. The van der Waals surface area contributed by atoms with Gasteiger partial charge in [-0.15, -0.1) is 0 Å². The zero-order valence-corrected chi connectivity index (χ0v) is 10.8. The van der Waals surface area contributed by atoms with Crippen LogP contribution in [0.1, 0.15) is 32.1 Å². The maximum absolute atomic E-state index is 12.5. The third-order valence-corrected chi connectivity index (χ3v) is 4.54. The van der Waals surface area contributed by atoms with Gasteiger partial charge in [-0.3, -0.25) is 4.79 Å². The lowest BCUT2D eigenvalue weighted by atomic mass is 9.67. The first-order chi connectivity index (χ1) is 8.10. The van der Waals surface area contributed by atoms with Gasteiger partial charge in [0.25, 0.3) is 0 Å². The minimum Gasteiger partial charge on any atom is -0.396 e. The minimum atomic E-state index is -0.563. The van der Waals surface area contributed by atoms with Crippen LogP contribution in [0.25, 0.3) is 0 Å². The molecule has 2 aliphatic rings. The van der Waals surface area contributed by atoms with Gasteiger partial charge in [0.1, 0.15) is 0 Å². The van der Waals surface area contributed by atoms with Crippen molar-refractivity contribution in [3.05, 3.63) is 0 Å². The molecule has 0 aromatic carbocycles. The number of hydrogen-bond acceptors (Lipinski definition) is 3. The Kier molecular flexibility index (Phi) is 3.68. The highest BCUT2D eigenvalue weighted by atomic mass is 32.1. The predicted molar refractivity (Wildman–Crippen MR) is 69.5 cm³/mol. The van der Waals surface area contributed by atoms with Crippen LogP contribution in [0.4, 0.5) is 0 Å². The maximum atomic E-state index is 12.5. The average molecular weight is 256 g/mol. The van der Waals surface area contributed by atoms with Crippen LogP contribution in [0.2, 0.25) is 0 Å². The van der Waals surface area contributed by atoms with Gasteiger partial charge in [-0.2, -0.15) is 0 Å². The van der Waals surface area contributed by atoms with Crippen molar-refractivity contribution in [3.8, 4) is 0 Å². The summed E-state index contributed by atoms with van der Waals surface area (Å²) in [7, 11) is 0. The summed E-state index contributed by atoms with van der Waals surface area (Å²) in [6.07, 6.45) is 4.58. The second-order valence-electron chi connectivity index (χ2n) is 5.24. The van der Waals surface area contributed by atoms with E-state index < -0.39 is 5.41 Å². The first-order valence-electron chi connectivity index (χ1n) is 6.30. The Bertz CT molecular complexity index is 328. The summed E-state index contributed by atoms with van der Waals surface area (Å²) in [5.41, 5.74) is 5.18. The van der Waals surface area contributed by atoms with Crippen LogP contribution in [-0.2, 0) is 4.79 Å². The summed E-state index contributed by atoms with van der Waals surface area (Å²) < 4.78 is 0. The van der Waals surface area contributed by atoms with E-state index in [-0.39, 0.29) is 18.4 Å². The molecule has 4 nitrogen and oxygen atoms in total. The number of hydrogen-bond donors (Lipinski definition) is 2. The molecular weight excluding hydrogens is 236 g/mol. The number of rotatable bonds is 3. The van der Waals surface area contributed by atoms with Crippen LogP contribution in [0.15, 0.2) is 0 Å². The Morgan fingerprint density at radius 1 is 1.47 bits per heavy atom. The number of likely N-dealkylation sites (tertiary alicyclic amines) is 1. The van der Waals surface area contributed by atoms with E-state index in [2.05, 4.69) is 0 Å². The highest BCUT2D eigenvalue weighted by molar-refractivity contribution is 7.80. The van der Waals surface area contributed by atoms with Crippen LogP contribution in [0.3, 0.4) is 0 Å². The van der Waals surface area contributed by atoms with Gasteiger partial charge in [0, 0.05) is 19.7 Å². The Balaban J connectivity index is 2.06. The quantitative estimate of drug-likeness (QED) is 0.729. The molecule has 0 radical (unpaired) electrons. The van der Waals surface area contributed by atoms with Crippen LogP contribution < -0.4 is 5.73 Å². The molecule has 1 unspecified atom stereocenters. The van der Waals surface area contributed by atoms with Crippen molar-refractivity contribution < 1.29 is 9.90 Å². The predicted octanol–water partition coefficient (Wildman–Crippen LogP) is 0.674. The van der Waals surface area contributed by atoms with Crippen molar-refractivity contribution in [1.82, 2.24) is 4.90 Å². The van der Waals surface area contributed by atoms with Crippen molar-refractivity contribution in [2.75, 3.05) is 19.7 Å². The van der Waals surface area contributed by atoms with Gasteiger partial charge < -0.3 is 15.7 Å². The summed E-state index contributed by atoms with van der Waals surface area (Å²) in [6.45, 7) is 1.59. The number of carbonyl (C=O) groups is 1. The molecule has 1 heterocycles. The number of thiocarbonyl (C=S) groups is 1. The second kappa shape index (κ2) is 4.90. The van der Waals surface area contributed by atoms with E-state index in [1.165, 1.54) is 0 Å². The second-order valence-corrected chi connectivity index (χ2v) is 5.68. The highest BCUT2D eigenvalue weighted by Gasteiger charge is 2.49. The fourth-order valence-electron chi connectivity index (χ4n) is 2.80. The van der Waals surface area contributed by atoms with Crippen LogP contribution in [-0.4, -0.2) is 40.6 Å². The topological polar surface area (TPSA) is 66.6 Å². The molecule has 0 spiro atoms. The molecule has 96 valence electrons. The highest BCUT2D eigenvalue weighted by Crippen LogP contribution is 2.43. The summed E-state index contributed by atoms with van der Waals surface area (Å²) >= 11 is 5.07. The number of carbonyl (C=O) groups excluding carboxylic acids is 1. The van der Waals surface area contributed by atoms with E-state index in [0.29, 0.717) is 11.5 Å². The monoisotopic (exact) mass is 256 g/mol. The van der Waals surface area contributed by atoms with Gasteiger partial charge in [-0.1, -0.05) is 18.6 Å². The molecule has 1 aliphatic carbocycles. The Labute approximate surface area is 107 Å². The van der Waals surface area contributed by atoms with E-state index in [1.807, 2.05) is 4.90 Å². The van der Waals surface area contributed by atoms with Gasteiger partial charge in [0.2, 0.25) is 5.91 Å². The first kappa shape index (κ1) is 12.8. The number of aliphatic hydroxyl groups is 1. The molecular formula is C12H20N2O2S. The molecule has 5 heteroatoms. The smallest absolute Gasteiger partial charge is 0.235 e. The Morgan fingerprint density at radius 3 is 2.65 bits per heavy atom. The fraction of sp³-hybridized carbons (Fsp3) is 0.833. The number of nitrogens with zero attached hydrogens (tertiary/aromatic N) is 1. The van der Waals surface area contributed by atoms with E-state index in [1.54, 1.807) is 0 Å². The third-order valence-electron chi connectivity index (χ3n) is 4.15. The fourth-order valence-corrected chi connectivity index (χ4v) is 3.09. The number of piperidine rings is 1. The lowest BCUT2D eigenvalue weighted by molar-refractivity contribution is -0.144. The molecule has 2 rings (SSSR count). The van der Waals surface area contributed by atoms with E-state index in [0.717, 1.165) is 38.6 Å². The Morgan fingerprint density at radius 2 is 2.18 bits per heavy atom. The van der Waals surface area contributed by atoms with E-state index >= 15 is 0 Å². The number of nitrogens with two attached hydrogens (primary N) is 1. The van der Waals surface area contributed by atoms with Gasteiger partial charge >= 0.3 is 0 Å². The molecule has 1 atom stereocenters. The van der Waals surface area contributed by atoms with Gasteiger partial charge in [-0.25, -0.2) is 0 Å². The summed E-state index contributed by atoms with van der Waals surface area (Å²) in [5, 5.41) is 9.19. The van der Waals surface area contributed by atoms with E-state index in [9.17, 15) is 9.90 Å². The molecule has 1 aliphatic heterocycles. The van der Waals surface area contributed by atoms with Crippen molar-refractivity contribution in [1.29, 1.82) is 0 Å². The molecule has 1 saturated heterocycles. The van der Waals surface area contributed by atoms with Crippen molar-refractivity contribution in [2.45, 2.75) is 32.1 Å². The lowest BCUT2D eigenvalue weighted by Crippen LogP contribution is -2.56.